The molecule has 0 bridgehead atoms. The van der Waals surface area contributed by atoms with E-state index in [0.29, 0.717) is 0 Å². The van der Waals surface area contributed by atoms with Crippen molar-refractivity contribution in [2.75, 3.05) is 14.2 Å². The lowest BCUT2D eigenvalue weighted by Crippen LogP contribution is -2.12. The van der Waals surface area contributed by atoms with Crippen LogP contribution in [0.25, 0.3) is 12.2 Å². The molecule has 0 fully saturated rings. The maximum absolute atomic E-state index is 5.71. The summed E-state index contributed by atoms with van der Waals surface area (Å²) in [6, 6.07) is 8.91. The summed E-state index contributed by atoms with van der Waals surface area (Å²) in [4.78, 5) is 0. The molecular formula is C26H36O2. The molecule has 2 aromatic carbocycles. The van der Waals surface area contributed by atoms with Gasteiger partial charge in [-0.1, -0.05) is 65.8 Å². The molecule has 28 heavy (non-hydrogen) atoms. The Balaban J connectivity index is 2.62. The number of benzene rings is 2. The Hall–Kier alpha value is -2.22. The van der Waals surface area contributed by atoms with Crippen molar-refractivity contribution in [1.82, 2.24) is 0 Å². The average Bonchev–Trinajstić information content (AvgIpc) is 2.57. The van der Waals surface area contributed by atoms with Crippen LogP contribution in [0.2, 0.25) is 0 Å². The fourth-order valence-corrected chi connectivity index (χ4v) is 3.45. The number of hydrogen-bond acceptors (Lipinski definition) is 2. The van der Waals surface area contributed by atoms with Crippen molar-refractivity contribution >= 4 is 12.2 Å². The minimum Gasteiger partial charge on any atom is -0.496 e. The van der Waals surface area contributed by atoms with Crippen molar-refractivity contribution in [3.63, 3.8) is 0 Å². The lowest BCUT2D eigenvalue weighted by atomic mass is 9.84. The third-order valence-electron chi connectivity index (χ3n) is 5.19. The molecule has 0 N–H and O–H groups in total. The molecule has 0 unspecified atom stereocenters. The highest BCUT2D eigenvalue weighted by Gasteiger charge is 2.19. The molecular weight excluding hydrogens is 344 g/mol. The van der Waals surface area contributed by atoms with Crippen molar-refractivity contribution < 1.29 is 9.47 Å². The lowest BCUT2D eigenvalue weighted by Gasteiger charge is -2.23. The molecule has 0 aliphatic carbocycles. The van der Waals surface area contributed by atoms with Gasteiger partial charge in [-0.05, 0) is 59.1 Å². The molecule has 0 aromatic heterocycles. The van der Waals surface area contributed by atoms with Crippen LogP contribution in [-0.4, -0.2) is 14.2 Å². The predicted octanol–water partition coefficient (Wildman–Crippen LogP) is 7.09. The predicted molar refractivity (Wildman–Crippen MR) is 122 cm³/mol. The molecule has 0 aliphatic heterocycles. The van der Waals surface area contributed by atoms with Gasteiger partial charge in [0.2, 0.25) is 0 Å². The van der Waals surface area contributed by atoms with Gasteiger partial charge in [0.25, 0.3) is 0 Å². The highest BCUT2D eigenvalue weighted by atomic mass is 16.5. The summed E-state index contributed by atoms with van der Waals surface area (Å²) in [5, 5.41) is 0. The number of ether oxygens (including phenoxy) is 2. The number of rotatable bonds is 4. The van der Waals surface area contributed by atoms with E-state index < -0.39 is 0 Å². The van der Waals surface area contributed by atoms with Gasteiger partial charge in [0.05, 0.1) is 14.2 Å². The molecule has 0 heterocycles. The Morgan fingerprint density at radius 2 is 0.929 bits per heavy atom. The summed E-state index contributed by atoms with van der Waals surface area (Å²) in [7, 11) is 3.47. The van der Waals surface area contributed by atoms with E-state index in [1.807, 2.05) is 0 Å². The van der Waals surface area contributed by atoms with Crippen molar-refractivity contribution in [3.8, 4) is 11.5 Å². The number of hydrogen-bond donors (Lipinski definition) is 0. The van der Waals surface area contributed by atoms with Gasteiger partial charge >= 0.3 is 0 Å². The van der Waals surface area contributed by atoms with E-state index in [9.17, 15) is 0 Å². The maximum atomic E-state index is 5.71. The maximum Gasteiger partial charge on any atom is 0.128 e. The minimum absolute atomic E-state index is 0.0834. The quantitative estimate of drug-likeness (QED) is 0.527. The molecule has 0 radical (unpaired) electrons. The molecule has 0 atom stereocenters. The minimum atomic E-state index is 0.0834. The van der Waals surface area contributed by atoms with Crippen LogP contribution < -0.4 is 9.47 Å². The first-order valence-electron chi connectivity index (χ1n) is 9.94. The molecule has 2 heteroatoms. The van der Waals surface area contributed by atoms with Crippen molar-refractivity contribution in [2.24, 2.45) is 0 Å². The molecule has 2 aromatic rings. The first-order chi connectivity index (χ1) is 12.9. The smallest absolute Gasteiger partial charge is 0.128 e. The average molecular weight is 381 g/mol. The van der Waals surface area contributed by atoms with Crippen LogP contribution in [-0.2, 0) is 10.8 Å². The summed E-state index contributed by atoms with van der Waals surface area (Å²) in [5.74, 6) is 1.85. The van der Waals surface area contributed by atoms with E-state index in [1.165, 1.54) is 11.1 Å². The Morgan fingerprint density at radius 1 is 0.607 bits per heavy atom. The van der Waals surface area contributed by atoms with Gasteiger partial charge in [-0.2, -0.15) is 0 Å². The second-order valence-electron chi connectivity index (χ2n) is 9.66. The molecule has 0 amide bonds. The molecule has 0 saturated heterocycles. The Labute approximate surface area is 171 Å². The van der Waals surface area contributed by atoms with E-state index in [4.69, 9.17) is 9.47 Å². The summed E-state index contributed by atoms with van der Waals surface area (Å²) >= 11 is 0. The molecule has 152 valence electrons. The number of aryl methyl sites for hydroxylation is 2. The van der Waals surface area contributed by atoms with Gasteiger partial charge in [-0.3, -0.25) is 0 Å². The van der Waals surface area contributed by atoms with Crippen molar-refractivity contribution in [2.45, 2.75) is 66.2 Å². The van der Waals surface area contributed by atoms with Crippen molar-refractivity contribution in [3.05, 3.63) is 57.6 Å². The van der Waals surface area contributed by atoms with Crippen molar-refractivity contribution in [1.29, 1.82) is 0 Å². The molecule has 0 aliphatic rings. The second kappa shape index (κ2) is 8.03. The topological polar surface area (TPSA) is 18.5 Å². The summed E-state index contributed by atoms with van der Waals surface area (Å²) in [6.45, 7) is 17.6. The van der Waals surface area contributed by atoms with Crippen LogP contribution in [0.5, 0.6) is 11.5 Å². The van der Waals surface area contributed by atoms with Gasteiger partial charge < -0.3 is 9.47 Å². The summed E-state index contributed by atoms with van der Waals surface area (Å²) < 4.78 is 11.4. The second-order valence-corrected chi connectivity index (χ2v) is 9.66. The van der Waals surface area contributed by atoms with Crippen LogP contribution in [0.4, 0.5) is 0 Å². The lowest BCUT2D eigenvalue weighted by molar-refractivity contribution is 0.409. The van der Waals surface area contributed by atoms with E-state index in [-0.39, 0.29) is 10.8 Å². The standard InChI is InChI=1S/C26H36O2/c1-17-13-21(25(3,4)5)15-19(23(17)27-9)11-12-20-16-22(26(6,7)8)14-18(2)24(20)28-10/h11-16H,1-10H3/b12-11+. The van der Waals surface area contributed by atoms with E-state index in [0.717, 1.165) is 33.8 Å². The van der Waals surface area contributed by atoms with Gasteiger partial charge in [-0.25, -0.2) is 0 Å². The van der Waals surface area contributed by atoms with Gasteiger partial charge in [0, 0.05) is 11.1 Å². The van der Waals surface area contributed by atoms with Gasteiger partial charge in [0.1, 0.15) is 11.5 Å². The summed E-state index contributed by atoms with van der Waals surface area (Å²) in [6.07, 6.45) is 4.29. The van der Waals surface area contributed by atoms with Gasteiger partial charge in [-0.15, -0.1) is 0 Å². The zero-order valence-corrected chi connectivity index (χ0v) is 19.3. The molecule has 0 spiro atoms. The van der Waals surface area contributed by atoms with Crippen LogP contribution in [0.3, 0.4) is 0 Å². The largest absolute Gasteiger partial charge is 0.496 e. The van der Waals surface area contributed by atoms with E-state index in [2.05, 4.69) is 91.8 Å². The van der Waals surface area contributed by atoms with E-state index in [1.54, 1.807) is 14.2 Å². The Bertz CT molecular complexity index is 801. The van der Waals surface area contributed by atoms with Gasteiger partial charge in [0.15, 0.2) is 0 Å². The Kier molecular flexibility index (Phi) is 6.33. The third-order valence-corrected chi connectivity index (χ3v) is 5.19. The fraction of sp³-hybridized carbons (Fsp3) is 0.462. The number of methoxy groups -OCH3 is 2. The molecule has 2 rings (SSSR count). The normalized spacial score (nSPS) is 12.5. The summed E-state index contributed by atoms with van der Waals surface area (Å²) in [5.41, 5.74) is 7.26. The first-order valence-corrected chi connectivity index (χ1v) is 9.94. The highest BCUT2D eigenvalue weighted by molar-refractivity contribution is 5.77. The zero-order chi connectivity index (χ0) is 21.3. The van der Waals surface area contributed by atoms with Crippen LogP contribution in [0.1, 0.15) is 74.9 Å². The Morgan fingerprint density at radius 3 is 1.18 bits per heavy atom. The van der Waals surface area contributed by atoms with E-state index >= 15 is 0 Å². The highest BCUT2D eigenvalue weighted by Crippen LogP contribution is 2.35. The zero-order valence-electron chi connectivity index (χ0n) is 19.3. The monoisotopic (exact) mass is 380 g/mol. The SMILES string of the molecule is COc1c(C)cc(C(C)(C)C)cc1/C=C/c1cc(C(C)(C)C)cc(C)c1OC. The van der Waals surface area contributed by atoms with Crippen LogP contribution in [0, 0.1) is 13.8 Å². The van der Waals surface area contributed by atoms with Crippen LogP contribution in [0.15, 0.2) is 24.3 Å². The van der Waals surface area contributed by atoms with Crippen LogP contribution >= 0.6 is 0 Å². The molecule has 0 saturated carbocycles. The first kappa shape index (κ1) is 22.1. The third kappa shape index (κ3) is 4.79. The fourth-order valence-electron chi connectivity index (χ4n) is 3.45. The molecule has 2 nitrogen and oxygen atoms in total.